The summed E-state index contributed by atoms with van der Waals surface area (Å²) in [5.41, 5.74) is -14.0. The lowest BCUT2D eigenvalue weighted by molar-refractivity contribution is -0.221. The van der Waals surface area contributed by atoms with Crippen molar-refractivity contribution < 1.29 is 69.3 Å². The maximum atomic E-state index is 12.2. The van der Waals surface area contributed by atoms with E-state index in [1.54, 1.807) is 0 Å². The summed E-state index contributed by atoms with van der Waals surface area (Å²) in [6.45, 7) is 1.87. The predicted molar refractivity (Wildman–Crippen MR) is 98.7 cm³/mol. The summed E-state index contributed by atoms with van der Waals surface area (Å²) in [5.74, 6) is -20.8. The van der Waals surface area contributed by atoms with E-state index in [-0.39, 0.29) is 6.42 Å². The molecule has 0 aromatic heterocycles. The van der Waals surface area contributed by atoms with Gasteiger partial charge in [-0.3, -0.25) is 33.6 Å². The van der Waals surface area contributed by atoms with E-state index in [9.17, 15) is 69.3 Å². The highest BCUT2D eigenvalue weighted by Gasteiger charge is 2.87. The van der Waals surface area contributed by atoms with E-state index >= 15 is 0 Å². The zero-order valence-electron chi connectivity index (χ0n) is 16.9. The van der Waals surface area contributed by atoms with Crippen LogP contribution in [0.2, 0.25) is 0 Å². The monoisotopic (exact) mass is 464 g/mol. The predicted octanol–water partition coefficient (Wildman–Crippen LogP) is 0.288. The van der Waals surface area contributed by atoms with Crippen molar-refractivity contribution in [1.82, 2.24) is 0 Å². The van der Waals surface area contributed by atoms with E-state index in [0.29, 0.717) is 12.8 Å². The van der Waals surface area contributed by atoms with Crippen LogP contribution in [0.1, 0.15) is 51.9 Å². The molecule has 0 aromatic rings. The third-order valence-electron chi connectivity index (χ3n) is 5.44. The fraction of sp³-hybridized carbons (Fsp3) is 0.611. The van der Waals surface area contributed by atoms with Crippen LogP contribution in [0.5, 0.6) is 0 Å². The molecule has 0 aliphatic rings. The van der Waals surface area contributed by atoms with Gasteiger partial charge in [-0.2, -0.15) is 0 Å². The lowest BCUT2D eigenvalue weighted by atomic mass is 9.48. The number of rotatable bonds is 16. The smallest absolute Gasteiger partial charge is 0.334 e. The molecule has 0 aromatic carbocycles. The zero-order valence-corrected chi connectivity index (χ0v) is 16.9. The number of aliphatic carboxylic acids is 7. The van der Waals surface area contributed by atoms with Crippen LogP contribution in [0.15, 0.2) is 0 Å². The second kappa shape index (κ2) is 10.5. The lowest BCUT2D eigenvalue weighted by Crippen LogP contribution is -2.74. The van der Waals surface area contributed by atoms with Crippen LogP contribution in [0.4, 0.5) is 0 Å². The molecule has 0 bridgehead atoms. The third kappa shape index (κ3) is 3.94. The highest BCUT2D eigenvalue weighted by Crippen LogP contribution is 2.56. The van der Waals surface area contributed by atoms with Crippen molar-refractivity contribution >= 4 is 41.8 Å². The summed E-state index contributed by atoms with van der Waals surface area (Å²) in [6, 6.07) is 0. The summed E-state index contributed by atoms with van der Waals surface area (Å²) >= 11 is 0. The summed E-state index contributed by atoms with van der Waals surface area (Å²) in [6.07, 6.45) is 0.759. The van der Waals surface area contributed by atoms with Crippen LogP contribution in [0.25, 0.3) is 0 Å². The van der Waals surface area contributed by atoms with Gasteiger partial charge < -0.3 is 35.7 Å². The Bertz CT molecular complexity index is 746. The van der Waals surface area contributed by atoms with Gasteiger partial charge in [-0.1, -0.05) is 45.4 Å². The molecule has 0 aliphatic carbocycles. The van der Waals surface area contributed by atoms with Gasteiger partial charge in [0.1, 0.15) is 0 Å². The summed E-state index contributed by atoms with van der Waals surface area (Å²) < 4.78 is 0. The molecule has 180 valence electrons. The Morgan fingerprint density at radius 3 is 1.12 bits per heavy atom. The number of hydrogen-bond acceptors (Lipinski definition) is 7. The van der Waals surface area contributed by atoms with Crippen molar-refractivity contribution in [2.24, 2.45) is 16.2 Å². The molecular weight excluding hydrogens is 440 g/mol. The van der Waals surface area contributed by atoms with Gasteiger partial charge in [0, 0.05) is 0 Å². The lowest BCUT2D eigenvalue weighted by Gasteiger charge is -2.44. The molecular formula is C18H24O14. The first-order chi connectivity index (χ1) is 14.7. The van der Waals surface area contributed by atoms with Crippen molar-refractivity contribution in [2.45, 2.75) is 51.9 Å². The van der Waals surface area contributed by atoms with Gasteiger partial charge in [0.25, 0.3) is 5.41 Å². The SMILES string of the molecule is CCCCCCCCC(C(=O)O)(C(=O)O)C(C(=O)O)(C(=O)O)C(C(=O)O)(C(=O)O)C(=O)O. The average Bonchev–Trinajstić information content (AvgIpc) is 2.63. The Morgan fingerprint density at radius 2 is 0.844 bits per heavy atom. The van der Waals surface area contributed by atoms with Crippen LogP contribution in [-0.2, 0) is 33.6 Å². The molecule has 0 aliphatic heterocycles. The zero-order chi connectivity index (χ0) is 25.5. The van der Waals surface area contributed by atoms with Gasteiger partial charge >= 0.3 is 41.8 Å². The van der Waals surface area contributed by atoms with Gasteiger partial charge in [0.2, 0.25) is 5.41 Å². The second-order valence-corrected chi connectivity index (χ2v) is 7.06. The number of hydrogen-bond donors (Lipinski definition) is 7. The van der Waals surface area contributed by atoms with Crippen molar-refractivity contribution in [3.63, 3.8) is 0 Å². The van der Waals surface area contributed by atoms with E-state index < -0.39 is 70.9 Å². The molecule has 0 atom stereocenters. The molecule has 0 spiro atoms. The Balaban J connectivity index is 7.39. The van der Waals surface area contributed by atoms with Gasteiger partial charge in [-0.15, -0.1) is 0 Å². The molecule has 0 heterocycles. The van der Waals surface area contributed by atoms with Crippen LogP contribution in [0.3, 0.4) is 0 Å². The minimum absolute atomic E-state index is 0.0534. The second-order valence-electron chi connectivity index (χ2n) is 7.06. The maximum absolute atomic E-state index is 12.2. The number of carboxylic acid groups (broad SMARTS) is 7. The number of unbranched alkanes of at least 4 members (excludes halogenated alkanes) is 5. The standard InChI is InChI=1S/C18H24O14/c1-2-3-4-5-6-7-8-16(9(19)20,10(21)22)18(14(29)30,15(31)32)17(11(23)24,12(25)26)13(27)28/h2-8H2,1H3,(H,19,20)(H,21,22)(H,23,24)(H,25,26)(H,27,28)(H,29,30)(H,31,32). The molecule has 7 N–H and O–H groups in total. The van der Waals surface area contributed by atoms with Crippen LogP contribution >= 0.6 is 0 Å². The third-order valence-corrected chi connectivity index (χ3v) is 5.44. The summed E-state index contributed by atoms with van der Waals surface area (Å²) in [4.78, 5) is 84.0. The summed E-state index contributed by atoms with van der Waals surface area (Å²) in [5, 5.41) is 67.0. The molecule has 0 radical (unpaired) electrons. The molecule has 0 fully saturated rings. The first kappa shape index (κ1) is 28.3. The van der Waals surface area contributed by atoms with Crippen LogP contribution < -0.4 is 0 Å². The molecule has 14 heteroatoms. The highest BCUT2D eigenvalue weighted by molar-refractivity contribution is 6.28. The quantitative estimate of drug-likeness (QED) is 0.120. The normalized spacial score (nSPS) is 12.0. The van der Waals surface area contributed by atoms with Crippen molar-refractivity contribution in [1.29, 1.82) is 0 Å². The van der Waals surface area contributed by atoms with Crippen molar-refractivity contribution in [3.05, 3.63) is 0 Å². The Hall–Kier alpha value is -3.71. The van der Waals surface area contributed by atoms with Crippen LogP contribution in [-0.4, -0.2) is 77.5 Å². The minimum Gasteiger partial charge on any atom is -0.480 e. The van der Waals surface area contributed by atoms with E-state index in [4.69, 9.17) is 0 Å². The van der Waals surface area contributed by atoms with Crippen molar-refractivity contribution in [3.8, 4) is 0 Å². The Kier molecular flexibility index (Phi) is 9.32. The number of carboxylic acids is 7. The molecule has 32 heavy (non-hydrogen) atoms. The van der Waals surface area contributed by atoms with Gasteiger partial charge in [0.15, 0.2) is 5.41 Å². The van der Waals surface area contributed by atoms with Crippen molar-refractivity contribution in [2.75, 3.05) is 0 Å². The van der Waals surface area contributed by atoms with Gasteiger partial charge in [-0.05, 0) is 6.42 Å². The molecule has 14 nitrogen and oxygen atoms in total. The number of carbonyl (C=O) groups is 7. The fourth-order valence-electron chi connectivity index (χ4n) is 3.84. The van der Waals surface area contributed by atoms with E-state index in [2.05, 4.69) is 0 Å². The Morgan fingerprint density at radius 1 is 0.500 bits per heavy atom. The van der Waals surface area contributed by atoms with E-state index in [1.807, 2.05) is 6.92 Å². The van der Waals surface area contributed by atoms with Crippen LogP contribution in [0, 0.1) is 16.2 Å². The topological polar surface area (TPSA) is 261 Å². The van der Waals surface area contributed by atoms with E-state index in [0.717, 1.165) is 12.8 Å². The van der Waals surface area contributed by atoms with Gasteiger partial charge in [0.05, 0.1) is 0 Å². The van der Waals surface area contributed by atoms with E-state index in [1.165, 1.54) is 0 Å². The largest absolute Gasteiger partial charge is 0.480 e. The molecule has 0 saturated carbocycles. The van der Waals surface area contributed by atoms with Gasteiger partial charge in [-0.25, -0.2) is 0 Å². The molecule has 0 amide bonds. The summed E-state index contributed by atoms with van der Waals surface area (Å²) in [7, 11) is 0. The average molecular weight is 464 g/mol. The maximum Gasteiger partial charge on any atom is 0.334 e. The molecule has 0 rings (SSSR count). The highest BCUT2D eigenvalue weighted by atomic mass is 16.4. The first-order valence-electron chi connectivity index (χ1n) is 9.30. The molecule has 0 saturated heterocycles. The fourth-order valence-corrected chi connectivity index (χ4v) is 3.84. The Labute approximate surface area is 180 Å². The minimum atomic E-state index is -4.91. The first-order valence-corrected chi connectivity index (χ1v) is 9.30. The molecule has 0 unspecified atom stereocenters.